The van der Waals surface area contributed by atoms with Gasteiger partial charge >= 0.3 is 0 Å². The summed E-state index contributed by atoms with van der Waals surface area (Å²) in [4.78, 5) is 15.8. The number of carbonyl (C=O) groups is 1. The van der Waals surface area contributed by atoms with Crippen LogP contribution in [-0.2, 0) is 0 Å². The van der Waals surface area contributed by atoms with Crippen molar-refractivity contribution in [3.63, 3.8) is 0 Å². The number of aromatic nitrogens is 3. The number of hydrogen-bond acceptors (Lipinski definition) is 4. The van der Waals surface area contributed by atoms with Gasteiger partial charge in [0.05, 0.1) is 11.3 Å². The summed E-state index contributed by atoms with van der Waals surface area (Å²) in [7, 11) is 0. The van der Waals surface area contributed by atoms with Crippen LogP contribution in [0.2, 0.25) is 15.5 Å². The molecule has 0 aliphatic rings. The molecule has 0 unspecified atom stereocenters. The second-order valence-corrected chi connectivity index (χ2v) is 4.27. The first-order valence-corrected chi connectivity index (χ1v) is 5.82. The molecule has 1 N–H and O–H groups in total. The van der Waals surface area contributed by atoms with Crippen LogP contribution in [0, 0.1) is 0 Å². The zero-order valence-electron chi connectivity index (χ0n) is 8.69. The molecule has 0 aliphatic heterocycles. The fraction of sp³-hybridized carbons (Fsp3) is 0. The predicted molar refractivity (Wildman–Crippen MR) is 69.3 cm³/mol. The van der Waals surface area contributed by atoms with Gasteiger partial charge in [0.1, 0.15) is 0 Å². The second-order valence-electron chi connectivity index (χ2n) is 3.17. The molecule has 0 fully saturated rings. The SMILES string of the molecule is O=C(Nc1cccnc1Cl)c1cc(Cl)nnc1Cl. The maximum Gasteiger partial charge on any atom is 0.259 e. The number of pyridine rings is 1. The van der Waals surface area contributed by atoms with Crippen molar-refractivity contribution < 1.29 is 4.79 Å². The lowest BCUT2D eigenvalue weighted by Crippen LogP contribution is -2.14. The van der Waals surface area contributed by atoms with Crippen molar-refractivity contribution in [3.8, 4) is 0 Å². The Morgan fingerprint density at radius 2 is 1.94 bits per heavy atom. The number of nitrogens with zero attached hydrogens (tertiary/aromatic N) is 3. The van der Waals surface area contributed by atoms with Crippen LogP contribution in [0.15, 0.2) is 24.4 Å². The van der Waals surface area contributed by atoms with Crippen LogP contribution >= 0.6 is 34.8 Å². The summed E-state index contributed by atoms with van der Waals surface area (Å²) in [5, 5.41) is 9.80. The fourth-order valence-corrected chi connectivity index (χ4v) is 1.67. The minimum atomic E-state index is -0.494. The van der Waals surface area contributed by atoms with E-state index in [1.165, 1.54) is 12.3 Å². The van der Waals surface area contributed by atoms with Gasteiger partial charge in [0.15, 0.2) is 15.5 Å². The average Bonchev–Trinajstić information content (AvgIpc) is 2.35. The molecule has 0 bridgehead atoms. The van der Waals surface area contributed by atoms with Crippen LogP contribution in [0.3, 0.4) is 0 Å². The standard InChI is InChI=1S/C10H5Cl3N4O/c11-7-4-5(8(12)17-16-7)10(18)15-6-2-1-3-14-9(6)13/h1-4H,(H,15,18). The molecular weight excluding hydrogens is 298 g/mol. The molecule has 5 nitrogen and oxygen atoms in total. The zero-order valence-corrected chi connectivity index (χ0v) is 11.0. The summed E-state index contributed by atoms with van der Waals surface area (Å²) in [6, 6.07) is 4.56. The molecule has 0 aromatic carbocycles. The lowest BCUT2D eigenvalue weighted by molar-refractivity contribution is 0.102. The minimum absolute atomic E-state index is 0.0445. The number of nitrogens with one attached hydrogen (secondary N) is 1. The fourth-order valence-electron chi connectivity index (χ4n) is 1.18. The summed E-state index contributed by atoms with van der Waals surface area (Å²) in [5.41, 5.74) is 0.477. The maximum atomic E-state index is 11.9. The third-order valence-corrected chi connectivity index (χ3v) is 2.74. The highest BCUT2D eigenvalue weighted by molar-refractivity contribution is 6.35. The number of anilines is 1. The molecule has 92 valence electrons. The Labute approximate surface area is 117 Å². The van der Waals surface area contributed by atoms with E-state index in [0.29, 0.717) is 5.69 Å². The quantitative estimate of drug-likeness (QED) is 0.866. The van der Waals surface area contributed by atoms with Gasteiger partial charge in [-0.3, -0.25) is 4.79 Å². The van der Waals surface area contributed by atoms with Crippen molar-refractivity contribution in [1.29, 1.82) is 0 Å². The first-order chi connectivity index (χ1) is 8.58. The first-order valence-electron chi connectivity index (χ1n) is 4.68. The number of rotatable bonds is 2. The molecule has 2 aromatic heterocycles. The van der Waals surface area contributed by atoms with E-state index in [1.807, 2.05) is 0 Å². The predicted octanol–water partition coefficient (Wildman–Crippen LogP) is 3.08. The number of halogens is 3. The van der Waals surface area contributed by atoms with Gasteiger partial charge in [-0.15, -0.1) is 10.2 Å². The van der Waals surface area contributed by atoms with Crippen molar-refractivity contribution in [2.75, 3.05) is 5.32 Å². The van der Waals surface area contributed by atoms with Crippen molar-refractivity contribution in [2.45, 2.75) is 0 Å². The lowest BCUT2D eigenvalue weighted by Gasteiger charge is -2.06. The molecule has 1 amide bonds. The summed E-state index contributed by atoms with van der Waals surface area (Å²) < 4.78 is 0. The molecule has 2 rings (SSSR count). The van der Waals surface area contributed by atoms with Crippen molar-refractivity contribution in [3.05, 3.63) is 45.4 Å². The van der Waals surface area contributed by atoms with Gasteiger partial charge in [0.25, 0.3) is 5.91 Å². The number of carbonyl (C=O) groups excluding carboxylic acids is 1. The molecule has 8 heteroatoms. The Balaban J connectivity index is 2.28. The Bertz CT molecular complexity index is 605. The van der Waals surface area contributed by atoms with E-state index in [2.05, 4.69) is 20.5 Å². The lowest BCUT2D eigenvalue weighted by atomic mass is 10.3. The van der Waals surface area contributed by atoms with Gasteiger partial charge < -0.3 is 5.32 Å². The molecule has 0 spiro atoms. The summed E-state index contributed by atoms with van der Waals surface area (Å²) in [6.07, 6.45) is 1.51. The van der Waals surface area contributed by atoms with Crippen LogP contribution < -0.4 is 5.32 Å². The second kappa shape index (κ2) is 5.48. The van der Waals surface area contributed by atoms with Crippen LogP contribution in [0.5, 0.6) is 0 Å². The van der Waals surface area contributed by atoms with Crippen LogP contribution in [0.25, 0.3) is 0 Å². The Morgan fingerprint density at radius 1 is 1.17 bits per heavy atom. The molecule has 0 saturated carbocycles. The van der Waals surface area contributed by atoms with Gasteiger partial charge in [0, 0.05) is 6.20 Å². The highest BCUT2D eigenvalue weighted by Gasteiger charge is 2.14. The van der Waals surface area contributed by atoms with E-state index < -0.39 is 5.91 Å². The smallest absolute Gasteiger partial charge is 0.259 e. The molecule has 0 radical (unpaired) electrons. The van der Waals surface area contributed by atoms with Crippen molar-refractivity contribution >= 4 is 46.4 Å². The Morgan fingerprint density at radius 3 is 2.67 bits per heavy atom. The van der Waals surface area contributed by atoms with Crippen molar-refractivity contribution in [2.24, 2.45) is 0 Å². The average molecular weight is 304 g/mol. The summed E-state index contributed by atoms with van der Waals surface area (Å²) in [6.45, 7) is 0. The molecule has 18 heavy (non-hydrogen) atoms. The Hall–Kier alpha value is -1.43. The van der Waals surface area contributed by atoms with Gasteiger partial charge in [0.2, 0.25) is 0 Å². The van der Waals surface area contributed by atoms with E-state index in [9.17, 15) is 4.79 Å². The minimum Gasteiger partial charge on any atom is -0.319 e. The van der Waals surface area contributed by atoms with E-state index in [1.54, 1.807) is 12.1 Å². The number of amides is 1. The molecule has 2 aromatic rings. The molecule has 2 heterocycles. The normalized spacial score (nSPS) is 10.2. The monoisotopic (exact) mass is 302 g/mol. The van der Waals surface area contributed by atoms with E-state index in [4.69, 9.17) is 34.8 Å². The largest absolute Gasteiger partial charge is 0.319 e. The first kappa shape index (κ1) is 13.0. The van der Waals surface area contributed by atoms with Crippen LogP contribution in [0.1, 0.15) is 10.4 Å². The number of hydrogen-bond donors (Lipinski definition) is 1. The topological polar surface area (TPSA) is 67.8 Å². The van der Waals surface area contributed by atoms with E-state index >= 15 is 0 Å². The molecule has 0 saturated heterocycles. The highest BCUT2D eigenvalue weighted by Crippen LogP contribution is 2.21. The molecule has 0 atom stereocenters. The van der Waals surface area contributed by atoms with Crippen LogP contribution in [-0.4, -0.2) is 21.1 Å². The van der Waals surface area contributed by atoms with Crippen LogP contribution in [0.4, 0.5) is 5.69 Å². The van der Waals surface area contributed by atoms with Crippen molar-refractivity contribution in [1.82, 2.24) is 15.2 Å². The highest BCUT2D eigenvalue weighted by atomic mass is 35.5. The van der Waals surface area contributed by atoms with E-state index in [-0.39, 0.29) is 21.0 Å². The molecular formula is C10H5Cl3N4O. The molecule has 0 aliphatic carbocycles. The zero-order chi connectivity index (χ0) is 13.1. The summed E-state index contributed by atoms with van der Waals surface area (Å²) >= 11 is 17.2. The van der Waals surface area contributed by atoms with E-state index in [0.717, 1.165) is 0 Å². The maximum absolute atomic E-state index is 11.9. The van der Waals surface area contributed by atoms with Gasteiger partial charge in [-0.05, 0) is 18.2 Å². The Kier molecular flexibility index (Phi) is 3.96. The van der Waals surface area contributed by atoms with Gasteiger partial charge in [-0.2, -0.15) is 0 Å². The van der Waals surface area contributed by atoms with Gasteiger partial charge in [-0.1, -0.05) is 34.8 Å². The van der Waals surface area contributed by atoms with Gasteiger partial charge in [-0.25, -0.2) is 4.98 Å². The third-order valence-electron chi connectivity index (χ3n) is 1.97. The third kappa shape index (κ3) is 2.87. The summed E-state index contributed by atoms with van der Waals surface area (Å²) in [5.74, 6) is -0.494.